The van der Waals surface area contributed by atoms with Crippen molar-refractivity contribution in [3.63, 3.8) is 0 Å². The first-order chi connectivity index (χ1) is 11.5. The van der Waals surface area contributed by atoms with Crippen LogP contribution in [0.15, 0.2) is 60.8 Å². The molecule has 2 aromatic carbocycles. The summed E-state index contributed by atoms with van der Waals surface area (Å²) < 4.78 is 38.2. The van der Waals surface area contributed by atoms with Crippen molar-refractivity contribution in [3.8, 4) is 0 Å². The van der Waals surface area contributed by atoms with Gasteiger partial charge in [0.25, 0.3) is 0 Å². The van der Waals surface area contributed by atoms with Gasteiger partial charge in [0.1, 0.15) is 0 Å². The fraction of sp³-hybridized carbons (Fsp3) is 0.0625. The van der Waals surface area contributed by atoms with E-state index >= 15 is 0 Å². The van der Waals surface area contributed by atoms with Gasteiger partial charge in [0.15, 0.2) is 5.82 Å². The summed E-state index contributed by atoms with van der Waals surface area (Å²) >= 11 is 0. The van der Waals surface area contributed by atoms with Gasteiger partial charge in [-0.05, 0) is 30.3 Å². The highest BCUT2D eigenvalue weighted by Gasteiger charge is 2.30. The largest absolute Gasteiger partial charge is 0.416 e. The summed E-state index contributed by atoms with van der Waals surface area (Å²) in [5.74, 6) is 0.515. The van der Waals surface area contributed by atoms with Gasteiger partial charge in [-0.15, -0.1) is 5.10 Å². The Labute approximate surface area is 135 Å². The second-order valence-electron chi connectivity index (χ2n) is 4.86. The summed E-state index contributed by atoms with van der Waals surface area (Å²) in [6.45, 7) is 0. The van der Waals surface area contributed by atoms with Crippen molar-refractivity contribution < 1.29 is 13.2 Å². The second-order valence-corrected chi connectivity index (χ2v) is 4.86. The first kappa shape index (κ1) is 15.7. The van der Waals surface area contributed by atoms with Crippen LogP contribution >= 0.6 is 0 Å². The highest BCUT2D eigenvalue weighted by atomic mass is 19.4. The zero-order chi connectivity index (χ0) is 17.0. The van der Waals surface area contributed by atoms with Crippen LogP contribution in [0.5, 0.6) is 0 Å². The molecule has 0 radical (unpaired) electrons. The lowest BCUT2D eigenvalue weighted by Gasteiger charge is -2.10. The molecule has 0 aliphatic heterocycles. The fourth-order valence-electron chi connectivity index (χ4n) is 1.99. The minimum absolute atomic E-state index is 0.234. The van der Waals surface area contributed by atoms with Crippen molar-refractivity contribution in [2.45, 2.75) is 6.18 Å². The number of anilines is 4. The number of benzene rings is 2. The smallest absolute Gasteiger partial charge is 0.339 e. The number of alkyl halides is 3. The average molecular weight is 331 g/mol. The number of nitrogens with zero attached hydrogens (tertiary/aromatic N) is 3. The van der Waals surface area contributed by atoms with E-state index in [2.05, 4.69) is 25.8 Å². The van der Waals surface area contributed by atoms with Gasteiger partial charge < -0.3 is 10.6 Å². The molecule has 3 rings (SSSR count). The van der Waals surface area contributed by atoms with Crippen molar-refractivity contribution >= 4 is 23.1 Å². The Balaban J connectivity index is 1.78. The molecular formula is C16H12F3N5. The molecule has 0 saturated carbocycles. The first-order valence-electron chi connectivity index (χ1n) is 6.97. The molecule has 1 heterocycles. The molecule has 0 atom stereocenters. The molecular weight excluding hydrogens is 319 g/mol. The zero-order valence-corrected chi connectivity index (χ0v) is 12.2. The maximum absolute atomic E-state index is 12.7. The standard InChI is InChI=1S/C16H12F3N5/c17-16(18,19)11-5-4-8-13(9-11)21-14-10-20-24-15(23-14)22-12-6-2-1-3-7-12/h1-10H,(H2,21,22,23,24). The lowest BCUT2D eigenvalue weighted by molar-refractivity contribution is -0.137. The van der Waals surface area contributed by atoms with Crippen LogP contribution in [0.25, 0.3) is 0 Å². The van der Waals surface area contributed by atoms with Crippen LogP contribution in [0, 0.1) is 0 Å². The quantitative estimate of drug-likeness (QED) is 0.743. The molecule has 0 spiro atoms. The summed E-state index contributed by atoms with van der Waals surface area (Å²) in [6.07, 6.45) is -3.07. The van der Waals surface area contributed by atoms with Gasteiger partial charge >= 0.3 is 6.18 Å². The maximum atomic E-state index is 12.7. The first-order valence-corrected chi connectivity index (χ1v) is 6.97. The van der Waals surface area contributed by atoms with Crippen LogP contribution in [0.3, 0.4) is 0 Å². The molecule has 0 aliphatic rings. The number of halogens is 3. The van der Waals surface area contributed by atoms with Crippen LogP contribution < -0.4 is 10.6 Å². The van der Waals surface area contributed by atoms with Crippen LogP contribution in [-0.4, -0.2) is 15.2 Å². The van der Waals surface area contributed by atoms with Gasteiger partial charge in [0.05, 0.1) is 11.8 Å². The summed E-state index contributed by atoms with van der Waals surface area (Å²) in [4.78, 5) is 4.18. The summed E-state index contributed by atoms with van der Waals surface area (Å²) in [7, 11) is 0. The Kier molecular flexibility index (Phi) is 4.28. The predicted octanol–water partition coefficient (Wildman–Crippen LogP) is 4.38. The highest BCUT2D eigenvalue weighted by molar-refractivity contribution is 5.59. The summed E-state index contributed by atoms with van der Waals surface area (Å²) in [6, 6.07) is 14.1. The number of hydrogen-bond donors (Lipinski definition) is 2. The van der Waals surface area contributed by atoms with Crippen LogP contribution in [0.2, 0.25) is 0 Å². The molecule has 0 amide bonds. The number of para-hydroxylation sites is 1. The Morgan fingerprint density at radius 3 is 2.33 bits per heavy atom. The Morgan fingerprint density at radius 1 is 0.833 bits per heavy atom. The number of aromatic nitrogens is 3. The maximum Gasteiger partial charge on any atom is 0.416 e. The molecule has 0 fully saturated rings. The van der Waals surface area contributed by atoms with E-state index in [0.29, 0.717) is 0 Å². The molecule has 1 aromatic heterocycles. The van der Waals surface area contributed by atoms with E-state index in [1.807, 2.05) is 30.3 Å². The van der Waals surface area contributed by atoms with E-state index in [0.717, 1.165) is 17.8 Å². The van der Waals surface area contributed by atoms with Gasteiger partial charge in [-0.2, -0.15) is 23.3 Å². The normalized spacial score (nSPS) is 11.1. The lowest BCUT2D eigenvalue weighted by Crippen LogP contribution is -2.06. The van der Waals surface area contributed by atoms with Crippen LogP contribution in [-0.2, 0) is 6.18 Å². The highest BCUT2D eigenvalue weighted by Crippen LogP contribution is 2.31. The van der Waals surface area contributed by atoms with Gasteiger partial charge in [-0.1, -0.05) is 24.3 Å². The molecule has 122 valence electrons. The SMILES string of the molecule is FC(F)(F)c1cccc(Nc2cnnc(Nc3ccccc3)n2)c1. The molecule has 0 unspecified atom stereocenters. The molecule has 8 heteroatoms. The molecule has 0 bridgehead atoms. The van der Waals surface area contributed by atoms with E-state index in [1.54, 1.807) is 0 Å². The molecule has 0 saturated heterocycles. The summed E-state index contributed by atoms with van der Waals surface area (Å²) in [5, 5.41) is 13.4. The van der Waals surface area contributed by atoms with Gasteiger partial charge in [-0.25, -0.2) is 0 Å². The minimum Gasteiger partial charge on any atom is -0.339 e. The minimum atomic E-state index is -4.40. The lowest BCUT2D eigenvalue weighted by atomic mass is 10.2. The third kappa shape index (κ3) is 3.97. The van der Waals surface area contributed by atoms with E-state index in [4.69, 9.17) is 0 Å². The molecule has 24 heavy (non-hydrogen) atoms. The van der Waals surface area contributed by atoms with Gasteiger partial charge in [0.2, 0.25) is 5.95 Å². The van der Waals surface area contributed by atoms with Crippen molar-refractivity contribution in [3.05, 3.63) is 66.4 Å². The topological polar surface area (TPSA) is 62.7 Å². The van der Waals surface area contributed by atoms with Gasteiger partial charge in [0, 0.05) is 11.4 Å². The third-order valence-corrected chi connectivity index (χ3v) is 3.05. The van der Waals surface area contributed by atoms with E-state index in [-0.39, 0.29) is 17.5 Å². The number of rotatable bonds is 4. The summed E-state index contributed by atoms with van der Waals surface area (Å²) in [5.41, 5.74) is 0.295. The number of nitrogens with one attached hydrogen (secondary N) is 2. The molecule has 2 N–H and O–H groups in total. The molecule has 3 aromatic rings. The number of hydrogen-bond acceptors (Lipinski definition) is 5. The van der Waals surface area contributed by atoms with Crippen LogP contribution in [0.1, 0.15) is 5.56 Å². The average Bonchev–Trinajstić information content (AvgIpc) is 2.56. The zero-order valence-electron chi connectivity index (χ0n) is 12.2. The van der Waals surface area contributed by atoms with E-state index in [1.165, 1.54) is 18.3 Å². The van der Waals surface area contributed by atoms with Crippen molar-refractivity contribution in [1.82, 2.24) is 15.2 Å². The van der Waals surface area contributed by atoms with E-state index in [9.17, 15) is 13.2 Å². The van der Waals surface area contributed by atoms with Gasteiger partial charge in [-0.3, -0.25) is 0 Å². The van der Waals surface area contributed by atoms with Crippen molar-refractivity contribution in [2.75, 3.05) is 10.6 Å². The van der Waals surface area contributed by atoms with Crippen molar-refractivity contribution in [1.29, 1.82) is 0 Å². The second kappa shape index (κ2) is 6.53. The molecule has 0 aliphatic carbocycles. The third-order valence-electron chi connectivity index (χ3n) is 3.05. The Bertz CT molecular complexity index is 821. The van der Waals surface area contributed by atoms with Crippen molar-refractivity contribution in [2.24, 2.45) is 0 Å². The molecule has 5 nitrogen and oxygen atoms in total. The van der Waals surface area contributed by atoms with E-state index < -0.39 is 11.7 Å². The monoisotopic (exact) mass is 331 g/mol. The predicted molar refractivity (Wildman–Crippen MR) is 84.3 cm³/mol. The Morgan fingerprint density at radius 2 is 1.58 bits per heavy atom. The fourth-order valence-corrected chi connectivity index (χ4v) is 1.99. The van der Waals surface area contributed by atoms with Crippen LogP contribution in [0.4, 0.5) is 36.3 Å². The Hall–Kier alpha value is -3.16.